The lowest BCUT2D eigenvalue weighted by atomic mass is 10.3. The molecule has 5 N–H and O–H groups in total. The number of nitrogens with zero attached hydrogens (tertiary/aromatic N) is 3. The number of carbonyl (C=O) groups excluding carboxylic acids is 1. The molecule has 2 heterocycles. The molecule has 31 heavy (non-hydrogen) atoms. The van der Waals surface area contributed by atoms with Crippen molar-refractivity contribution in [1.82, 2.24) is 20.6 Å². The van der Waals surface area contributed by atoms with Gasteiger partial charge in [-0.1, -0.05) is 11.6 Å². The summed E-state index contributed by atoms with van der Waals surface area (Å²) in [6.45, 7) is 2.58. The normalized spacial score (nSPS) is 11.0. The van der Waals surface area contributed by atoms with Crippen LogP contribution in [0.1, 0.15) is 12.6 Å². The quantitative estimate of drug-likeness (QED) is 0.342. The van der Waals surface area contributed by atoms with Gasteiger partial charge in [-0.15, -0.1) is 0 Å². The van der Waals surface area contributed by atoms with Crippen molar-refractivity contribution in [3.8, 4) is 11.5 Å². The van der Waals surface area contributed by atoms with Gasteiger partial charge in [0.25, 0.3) is 0 Å². The molecule has 0 aliphatic heterocycles. The van der Waals surface area contributed by atoms with Gasteiger partial charge in [-0.2, -0.15) is 0 Å². The highest BCUT2D eigenvalue weighted by Gasteiger charge is 2.07. The Morgan fingerprint density at radius 1 is 1.13 bits per heavy atom. The molecule has 0 atom stereocenters. The number of urea groups is 1. The lowest BCUT2D eigenvalue weighted by Crippen LogP contribution is -2.42. The number of benzene rings is 1. The van der Waals surface area contributed by atoms with E-state index in [1.807, 2.05) is 6.92 Å². The van der Waals surface area contributed by atoms with Crippen molar-refractivity contribution < 1.29 is 9.53 Å². The summed E-state index contributed by atoms with van der Waals surface area (Å²) >= 11 is 5.86. The third kappa shape index (κ3) is 7.16. The zero-order valence-corrected chi connectivity index (χ0v) is 17.6. The molecule has 3 rings (SSSR count). The summed E-state index contributed by atoms with van der Waals surface area (Å²) < 4.78 is 5.73. The summed E-state index contributed by atoms with van der Waals surface area (Å²) in [5, 5.41) is 8.99. The number of pyridine rings is 2. The van der Waals surface area contributed by atoms with Crippen molar-refractivity contribution in [3.63, 3.8) is 0 Å². The van der Waals surface area contributed by atoms with Crippen LogP contribution in [-0.2, 0) is 6.54 Å². The predicted molar refractivity (Wildman–Crippen MR) is 121 cm³/mol. The summed E-state index contributed by atoms with van der Waals surface area (Å²) in [5.74, 6) is 1.42. The number of hydrogen-bond acceptors (Lipinski definition) is 6. The van der Waals surface area contributed by atoms with Crippen molar-refractivity contribution in [1.29, 1.82) is 0 Å². The zero-order valence-electron chi connectivity index (χ0n) is 16.8. The Morgan fingerprint density at radius 2 is 1.94 bits per heavy atom. The van der Waals surface area contributed by atoms with Gasteiger partial charge in [-0.3, -0.25) is 15.3 Å². The molecule has 3 aromatic rings. The van der Waals surface area contributed by atoms with Gasteiger partial charge in [0.2, 0.25) is 5.96 Å². The number of aromatic nitrogens is 2. The predicted octanol–water partition coefficient (Wildman–Crippen LogP) is 3.79. The number of aliphatic imine (C=N–C) groups is 1. The van der Waals surface area contributed by atoms with Crippen molar-refractivity contribution in [2.45, 2.75) is 13.5 Å². The van der Waals surface area contributed by atoms with E-state index >= 15 is 0 Å². The van der Waals surface area contributed by atoms with Crippen LogP contribution >= 0.6 is 11.6 Å². The maximum atomic E-state index is 12.0. The summed E-state index contributed by atoms with van der Waals surface area (Å²) in [5.41, 5.74) is 7.65. The van der Waals surface area contributed by atoms with Crippen molar-refractivity contribution in [3.05, 3.63) is 71.8 Å². The van der Waals surface area contributed by atoms with Gasteiger partial charge < -0.3 is 21.1 Å². The van der Waals surface area contributed by atoms with Gasteiger partial charge in [0.15, 0.2) is 0 Å². The van der Waals surface area contributed by atoms with Crippen LogP contribution in [0, 0.1) is 0 Å². The standard InChI is InChI=1S/C21H22ClN7O2/c1-2-25-21(30)29-20(27-12-17-4-3-14(22)10-26-17)28-16-5-7-18(8-6-16)31-19-9-15(23)11-24-13-19/h3-11,13H,2,12,23H2,1H3,(H3,25,27,28,29,30). The number of amides is 2. The summed E-state index contributed by atoms with van der Waals surface area (Å²) in [6.07, 6.45) is 4.67. The molecule has 10 heteroatoms. The molecule has 9 nitrogen and oxygen atoms in total. The van der Waals surface area contributed by atoms with E-state index in [1.165, 1.54) is 0 Å². The summed E-state index contributed by atoms with van der Waals surface area (Å²) in [6, 6.07) is 12.0. The number of hydrogen-bond donors (Lipinski definition) is 4. The average molecular weight is 440 g/mol. The molecule has 0 radical (unpaired) electrons. The first-order valence-electron chi connectivity index (χ1n) is 9.47. The van der Waals surface area contributed by atoms with E-state index in [0.717, 1.165) is 0 Å². The molecule has 0 unspecified atom stereocenters. The first kappa shape index (κ1) is 21.8. The fraction of sp³-hybridized carbons (Fsp3) is 0.143. The Balaban J connectivity index is 1.69. The molecule has 0 aliphatic rings. The van der Waals surface area contributed by atoms with Gasteiger partial charge in [-0.25, -0.2) is 9.79 Å². The lowest BCUT2D eigenvalue weighted by Gasteiger charge is -2.13. The molecule has 0 fully saturated rings. The first-order chi connectivity index (χ1) is 15.0. The van der Waals surface area contributed by atoms with Gasteiger partial charge in [0, 0.05) is 24.5 Å². The number of guanidine groups is 1. The van der Waals surface area contributed by atoms with E-state index in [2.05, 4.69) is 30.9 Å². The Labute approximate surface area is 184 Å². The van der Waals surface area contributed by atoms with Crippen molar-refractivity contribution in [2.24, 2.45) is 4.99 Å². The molecule has 0 saturated heterocycles. The summed E-state index contributed by atoms with van der Waals surface area (Å²) in [7, 11) is 0. The Bertz CT molecular complexity index is 1040. The fourth-order valence-corrected chi connectivity index (χ4v) is 2.56. The van der Waals surface area contributed by atoms with E-state index in [9.17, 15) is 4.79 Å². The highest BCUT2D eigenvalue weighted by atomic mass is 35.5. The molecule has 1 aromatic carbocycles. The van der Waals surface area contributed by atoms with Crippen LogP contribution in [0.2, 0.25) is 5.02 Å². The minimum Gasteiger partial charge on any atom is -0.456 e. The third-order valence-electron chi connectivity index (χ3n) is 3.84. The summed E-state index contributed by atoms with van der Waals surface area (Å²) in [4.78, 5) is 24.6. The molecule has 0 aliphatic carbocycles. The molecule has 0 spiro atoms. The number of nitrogens with two attached hydrogens (primary N) is 1. The second kappa shape index (κ2) is 10.8. The molecular formula is C21H22ClN7O2. The average Bonchev–Trinajstić information content (AvgIpc) is 2.75. The number of anilines is 2. The third-order valence-corrected chi connectivity index (χ3v) is 4.07. The largest absolute Gasteiger partial charge is 0.456 e. The Hall–Kier alpha value is -3.85. The number of halogens is 1. The number of rotatable bonds is 6. The number of carbonyl (C=O) groups is 1. The SMILES string of the molecule is CCNC(=O)NC(=NCc1ccc(Cl)cn1)Nc1ccc(Oc2cncc(N)c2)cc1. The topological polar surface area (TPSA) is 127 Å². The second-order valence-electron chi connectivity index (χ2n) is 6.32. The molecule has 2 amide bonds. The van der Waals surface area contributed by atoms with Crippen LogP contribution in [0.25, 0.3) is 0 Å². The van der Waals surface area contributed by atoms with Crippen molar-refractivity contribution >= 4 is 35.0 Å². The van der Waals surface area contributed by atoms with Crippen LogP contribution in [0.15, 0.2) is 66.0 Å². The van der Waals surface area contributed by atoms with Crippen LogP contribution in [0.3, 0.4) is 0 Å². The minimum atomic E-state index is -0.369. The zero-order chi connectivity index (χ0) is 22.1. The van der Waals surface area contributed by atoms with Crippen LogP contribution in [-0.4, -0.2) is 28.5 Å². The monoisotopic (exact) mass is 439 g/mol. The first-order valence-corrected chi connectivity index (χ1v) is 9.85. The lowest BCUT2D eigenvalue weighted by molar-refractivity contribution is 0.246. The van der Waals surface area contributed by atoms with E-state index in [1.54, 1.807) is 61.1 Å². The van der Waals surface area contributed by atoms with E-state index < -0.39 is 0 Å². The number of nitrogens with one attached hydrogen (secondary N) is 3. The molecular weight excluding hydrogens is 418 g/mol. The van der Waals surface area contributed by atoms with Crippen LogP contribution in [0.5, 0.6) is 11.5 Å². The van der Waals surface area contributed by atoms with Crippen molar-refractivity contribution in [2.75, 3.05) is 17.6 Å². The Kier molecular flexibility index (Phi) is 7.61. The van der Waals surface area contributed by atoms with Gasteiger partial charge in [0.05, 0.1) is 35.3 Å². The molecule has 0 saturated carbocycles. The maximum Gasteiger partial charge on any atom is 0.321 e. The van der Waals surface area contributed by atoms with Gasteiger partial charge in [-0.05, 0) is 43.3 Å². The van der Waals surface area contributed by atoms with Gasteiger partial charge >= 0.3 is 6.03 Å². The highest BCUT2D eigenvalue weighted by molar-refractivity contribution is 6.30. The van der Waals surface area contributed by atoms with Gasteiger partial charge in [0.1, 0.15) is 11.5 Å². The number of ether oxygens (including phenoxy) is 1. The van der Waals surface area contributed by atoms with E-state index in [4.69, 9.17) is 22.1 Å². The fourth-order valence-electron chi connectivity index (χ4n) is 2.45. The highest BCUT2D eigenvalue weighted by Crippen LogP contribution is 2.23. The molecule has 2 aromatic heterocycles. The minimum absolute atomic E-state index is 0.259. The van der Waals surface area contributed by atoms with Crippen LogP contribution in [0.4, 0.5) is 16.2 Å². The maximum absolute atomic E-state index is 12.0. The van der Waals surface area contributed by atoms with E-state index in [-0.39, 0.29) is 18.5 Å². The Morgan fingerprint density at radius 3 is 2.61 bits per heavy atom. The smallest absolute Gasteiger partial charge is 0.321 e. The number of nitrogen functional groups attached to an aromatic ring is 1. The molecule has 0 bridgehead atoms. The second-order valence-corrected chi connectivity index (χ2v) is 6.76. The van der Waals surface area contributed by atoms with Crippen LogP contribution < -0.4 is 26.4 Å². The van der Waals surface area contributed by atoms with E-state index in [0.29, 0.717) is 40.1 Å². The molecule has 160 valence electrons.